The van der Waals surface area contributed by atoms with Crippen molar-refractivity contribution in [3.8, 4) is 0 Å². The summed E-state index contributed by atoms with van der Waals surface area (Å²) in [7, 11) is 0. The zero-order chi connectivity index (χ0) is 23.7. The van der Waals surface area contributed by atoms with Crippen LogP contribution in [0.5, 0.6) is 0 Å². The molecule has 2 saturated heterocycles. The lowest BCUT2D eigenvalue weighted by atomic mass is 9.83. The number of rotatable bonds is 6. The average molecular weight is 469 g/mol. The predicted octanol–water partition coefficient (Wildman–Crippen LogP) is 2.59. The molecule has 7 heteroatoms. The van der Waals surface area contributed by atoms with Crippen LogP contribution in [0, 0.1) is 11.7 Å². The maximum atomic E-state index is 13.9. The normalized spacial score (nSPS) is 22.8. The van der Waals surface area contributed by atoms with Crippen LogP contribution in [0.4, 0.5) is 4.39 Å². The number of hydrogen-bond acceptors (Lipinski definition) is 5. The molecular formula is C27H33FN2O4. The van der Waals surface area contributed by atoms with E-state index in [9.17, 15) is 19.4 Å². The van der Waals surface area contributed by atoms with Crippen LogP contribution in [-0.2, 0) is 34.8 Å². The van der Waals surface area contributed by atoms with Gasteiger partial charge in [0, 0.05) is 32.7 Å². The number of aliphatic hydroxyl groups is 2. The largest absolute Gasteiger partial charge is 0.392 e. The maximum Gasteiger partial charge on any atom is 0.227 e. The van der Waals surface area contributed by atoms with E-state index in [1.807, 2.05) is 30.3 Å². The van der Waals surface area contributed by atoms with Crippen molar-refractivity contribution in [3.63, 3.8) is 0 Å². The molecule has 2 atom stereocenters. The minimum Gasteiger partial charge on any atom is -0.392 e. The van der Waals surface area contributed by atoms with Gasteiger partial charge in [-0.25, -0.2) is 4.39 Å². The summed E-state index contributed by atoms with van der Waals surface area (Å²) in [4.78, 5) is 17.6. The quantitative estimate of drug-likeness (QED) is 0.682. The number of halogens is 1. The molecule has 6 nitrogen and oxygen atoms in total. The minimum absolute atomic E-state index is 0.0267. The summed E-state index contributed by atoms with van der Waals surface area (Å²) in [6.45, 7) is 3.66. The number of hydrogen-bond donors (Lipinski definition) is 2. The lowest BCUT2D eigenvalue weighted by molar-refractivity contribution is -0.136. The Hall–Kier alpha value is -2.32. The van der Waals surface area contributed by atoms with E-state index in [4.69, 9.17) is 4.74 Å². The third-order valence-electron chi connectivity index (χ3n) is 7.69. The van der Waals surface area contributed by atoms with Crippen LogP contribution < -0.4 is 0 Å². The number of likely N-dealkylation sites (tertiary alicyclic amines) is 2. The van der Waals surface area contributed by atoms with Gasteiger partial charge in [0.25, 0.3) is 0 Å². The first-order valence-electron chi connectivity index (χ1n) is 12.3. The fourth-order valence-corrected chi connectivity index (χ4v) is 5.78. The second kappa shape index (κ2) is 9.74. The lowest BCUT2D eigenvalue weighted by Gasteiger charge is -2.40. The Labute approximate surface area is 199 Å². The number of aliphatic hydroxyl groups excluding tert-OH is 2. The number of carbonyl (C=O) groups is 1. The molecular weight excluding hydrogens is 435 g/mol. The van der Waals surface area contributed by atoms with Crippen molar-refractivity contribution in [2.24, 2.45) is 5.92 Å². The number of ether oxygens (including phenoxy) is 1. The molecule has 0 saturated carbocycles. The van der Waals surface area contributed by atoms with Crippen LogP contribution in [0.2, 0.25) is 0 Å². The minimum atomic E-state index is -0.447. The molecule has 2 N–H and O–H groups in total. The van der Waals surface area contributed by atoms with E-state index in [-0.39, 0.29) is 24.2 Å². The van der Waals surface area contributed by atoms with Gasteiger partial charge < -0.3 is 24.7 Å². The molecule has 3 aliphatic heterocycles. The number of carbonyl (C=O) groups excluding carboxylic acids is 1. The maximum absolute atomic E-state index is 13.9. The molecule has 0 aliphatic carbocycles. The second-order valence-corrected chi connectivity index (χ2v) is 9.99. The van der Waals surface area contributed by atoms with Crippen molar-refractivity contribution < 1.29 is 24.1 Å². The van der Waals surface area contributed by atoms with E-state index in [1.165, 1.54) is 6.07 Å². The Bertz CT molecular complexity index is 1040. The van der Waals surface area contributed by atoms with Crippen molar-refractivity contribution in [1.29, 1.82) is 0 Å². The zero-order valence-electron chi connectivity index (χ0n) is 19.5. The van der Waals surface area contributed by atoms with E-state index in [1.54, 1.807) is 11.0 Å². The van der Waals surface area contributed by atoms with Gasteiger partial charge >= 0.3 is 0 Å². The molecule has 0 bridgehead atoms. The van der Waals surface area contributed by atoms with Crippen LogP contribution in [0.15, 0.2) is 42.5 Å². The molecule has 2 unspecified atom stereocenters. The fourth-order valence-electron chi connectivity index (χ4n) is 5.78. The Balaban J connectivity index is 1.29. The Morgan fingerprint density at radius 2 is 1.94 bits per heavy atom. The highest BCUT2D eigenvalue weighted by Crippen LogP contribution is 2.44. The number of amides is 1. The molecule has 2 aromatic carbocycles. The van der Waals surface area contributed by atoms with Crippen molar-refractivity contribution in [2.45, 2.75) is 50.6 Å². The molecule has 34 heavy (non-hydrogen) atoms. The topological polar surface area (TPSA) is 73.2 Å². The lowest BCUT2D eigenvalue weighted by Crippen LogP contribution is -2.47. The molecule has 2 aromatic rings. The van der Waals surface area contributed by atoms with E-state index in [0.29, 0.717) is 39.1 Å². The molecule has 182 valence electrons. The summed E-state index contributed by atoms with van der Waals surface area (Å²) in [6.07, 6.45) is 2.31. The highest BCUT2D eigenvalue weighted by molar-refractivity contribution is 5.79. The fraction of sp³-hybridized carbons (Fsp3) is 0.519. The van der Waals surface area contributed by atoms with E-state index in [2.05, 4.69) is 4.90 Å². The van der Waals surface area contributed by atoms with Crippen LogP contribution >= 0.6 is 0 Å². The zero-order valence-corrected chi connectivity index (χ0v) is 19.5. The molecule has 3 aliphatic rings. The van der Waals surface area contributed by atoms with Crippen molar-refractivity contribution in [2.75, 3.05) is 32.7 Å². The third kappa shape index (κ3) is 4.75. The van der Waals surface area contributed by atoms with Crippen LogP contribution in [0.3, 0.4) is 0 Å². The monoisotopic (exact) mass is 468 g/mol. The van der Waals surface area contributed by atoms with E-state index >= 15 is 0 Å². The Kier molecular flexibility index (Phi) is 6.71. The van der Waals surface area contributed by atoms with Gasteiger partial charge in [0.1, 0.15) is 5.82 Å². The number of nitrogens with zero attached hydrogens (tertiary/aromatic N) is 2. The van der Waals surface area contributed by atoms with Gasteiger partial charge in [-0.2, -0.15) is 0 Å². The third-order valence-corrected chi connectivity index (χ3v) is 7.69. The Morgan fingerprint density at radius 3 is 2.68 bits per heavy atom. The van der Waals surface area contributed by atoms with Crippen molar-refractivity contribution >= 4 is 5.91 Å². The predicted molar refractivity (Wildman–Crippen MR) is 125 cm³/mol. The molecule has 1 spiro atoms. The van der Waals surface area contributed by atoms with Crippen LogP contribution in [0.25, 0.3) is 0 Å². The van der Waals surface area contributed by atoms with E-state index in [0.717, 1.165) is 48.2 Å². The average Bonchev–Trinajstić information content (AvgIpc) is 3.43. The summed E-state index contributed by atoms with van der Waals surface area (Å²) < 4.78 is 20.1. The standard InChI is InChI=1S/C27H33FN2O4/c28-23-5-4-21-18-34-27(25(21)14-23)7-10-29(11-8-27)15-22(26(33)30-9-6-24(32)16-30)13-19-2-1-3-20(12-19)17-31/h1-5,12,14,22,24,31-32H,6-11,13,15-18H2. The highest BCUT2D eigenvalue weighted by atomic mass is 19.1. The Morgan fingerprint density at radius 1 is 1.15 bits per heavy atom. The molecule has 5 rings (SSSR count). The van der Waals surface area contributed by atoms with Gasteiger partial charge in [0.15, 0.2) is 0 Å². The number of piperidine rings is 1. The molecule has 0 aromatic heterocycles. The van der Waals surface area contributed by atoms with Crippen molar-refractivity contribution in [1.82, 2.24) is 9.80 Å². The van der Waals surface area contributed by atoms with Gasteiger partial charge in [-0.1, -0.05) is 30.3 Å². The summed E-state index contributed by atoms with van der Waals surface area (Å²) in [5, 5.41) is 19.5. The van der Waals surface area contributed by atoms with Crippen LogP contribution in [-0.4, -0.2) is 64.7 Å². The second-order valence-electron chi connectivity index (χ2n) is 9.99. The SMILES string of the molecule is O=C(C(Cc1cccc(CO)c1)CN1CCC2(CC1)OCc1ccc(F)cc12)N1CCC(O)C1. The van der Waals surface area contributed by atoms with Gasteiger partial charge in [-0.15, -0.1) is 0 Å². The summed E-state index contributed by atoms with van der Waals surface area (Å²) in [5.74, 6) is -0.382. The number of benzene rings is 2. The van der Waals surface area contributed by atoms with Gasteiger partial charge in [-0.05, 0) is 60.1 Å². The van der Waals surface area contributed by atoms with Crippen LogP contribution in [0.1, 0.15) is 41.5 Å². The van der Waals surface area contributed by atoms with Gasteiger partial charge in [0.2, 0.25) is 5.91 Å². The number of β-amino-alcohol motifs (C(OH)–C–C–N with tert-alkyl or cyclic N) is 1. The summed E-state index contributed by atoms with van der Waals surface area (Å²) in [5.41, 5.74) is 3.49. The van der Waals surface area contributed by atoms with Gasteiger partial charge in [0.05, 0.1) is 30.8 Å². The first-order chi connectivity index (χ1) is 16.5. The van der Waals surface area contributed by atoms with Crippen molar-refractivity contribution in [3.05, 3.63) is 70.5 Å². The van der Waals surface area contributed by atoms with Gasteiger partial charge in [-0.3, -0.25) is 4.79 Å². The molecule has 0 radical (unpaired) electrons. The summed E-state index contributed by atoms with van der Waals surface area (Å²) in [6, 6.07) is 12.7. The first kappa shape index (κ1) is 23.4. The first-order valence-corrected chi connectivity index (χ1v) is 12.3. The smallest absolute Gasteiger partial charge is 0.227 e. The number of fused-ring (bicyclic) bond motifs is 2. The molecule has 3 heterocycles. The highest BCUT2D eigenvalue weighted by Gasteiger charge is 2.43. The molecule has 1 amide bonds. The summed E-state index contributed by atoms with van der Waals surface area (Å²) >= 11 is 0. The van der Waals surface area contributed by atoms with E-state index < -0.39 is 11.7 Å². The molecule has 2 fully saturated rings.